The molecule has 0 radical (unpaired) electrons. The molecule has 3 nitrogen and oxygen atoms in total. The summed E-state index contributed by atoms with van der Waals surface area (Å²) < 4.78 is 0. The van der Waals surface area contributed by atoms with Crippen LogP contribution in [0.5, 0.6) is 0 Å². The van der Waals surface area contributed by atoms with Gasteiger partial charge in [0.05, 0.1) is 0 Å². The van der Waals surface area contributed by atoms with E-state index in [1.54, 1.807) is 0 Å². The molecule has 1 aromatic carbocycles. The Kier molecular flexibility index (Phi) is 1.59. The van der Waals surface area contributed by atoms with E-state index in [1.165, 1.54) is 0 Å². The molecule has 0 saturated carbocycles. The monoisotopic (exact) mass is 162 g/mol. The van der Waals surface area contributed by atoms with Gasteiger partial charge in [0.2, 0.25) is 5.91 Å². The van der Waals surface area contributed by atoms with Crippen LogP contribution in [0.3, 0.4) is 0 Å². The van der Waals surface area contributed by atoms with Crippen molar-refractivity contribution in [2.75, 3.05) is 5.32 Å². The Labute approximate surface area is 70.6 Å². The van der Waals surface area contributed by atoms with Gasteiger partial charge in [-0.1, -0.05) is 18.2 Å². The number of benzene rings is 1. The fourth-order valence-corrected chi connectivity index (χ4v) is 1.45. The van der Waals surface area contributed by atoms with Gasteiger partial charge >= 0.3 is 0 Å². The Hall–Kier alpha value is -1.35. The lowest BCUT2D eigenvalue weighted by Gasteiger charge is -2.21. The smallest absolute Gasteiger partial charge is 0.226 e. The molecule has 0 spiro atoms. The zero-order valence-electron chi connectivity index (χ0n) is 6.58. The van der Waals surface area contributed by atoms with Crippen LogP contribution in [0.4, 0.5) is 5.69 Å². The van der Waals surface area contributed by atoms with Crippen LogP contribution >= 0.6 is 0 Å². The first-order chi connectivity index (χ1) is 5.77. The van der Waals surface area contributed by atoms with Crippen LogP contribution in [0.2, 0.25) is 0 Å². The largest absolute Gasteiger partial charge is 0.326 e. The first-order valence-corrected chi connectivity index (χ1v) is 3.92. The van der Waals surface area contributed by atoms with E-state index in [0.717, 1.165) is 11.3 Å². The second-order valence-corrected chi connectivity index (χ2v) is 2.95. The molecule has 62 valence electrons. The van der Waals surface area contributed by atoms with Crippen LogP contribution in [0.25, 0.3) is 0 Å². The molecule has 1 atom stereocenters. The van der Waals surface area contributed by atoms with Gasteiger partial charge in [-0.15, -0.1) is 0 Å². The lowest BCUT2D eigenvalue weighted by molar-refractivity contribution is -0.116. The maximum absolute atomic E-state index is 11.0. The number of rotatable bonds is 0. The molecule has 3 N–H and O–H groups in total. The molecular weight excluding hydrogens is 152 g/mol. The highest BCUT2D eigenvalue weighted by Gasteiger charge is 2.20. The van der Waals surface area contributed by atoms with Crippen LogP contribution in [-0.2, 0) is 4.79 Å². The van der Waals surface area contributed by atoms with Gasteiger partial charge < -0.3 is 11.1 Å². The van der Waals surface area contributed by atoms with Crippen molar-refractivity contribution in [3.05, 3.63) is 29.8 Å². The summed E-state index contributed by atoms with van der Waals surface area (Å²) in [6.07, 6.45) is 0.386. The summed E-state index contributed by atoms with van der Waals surface area (Å²) in [5.74, 6) is 0.00111. The molecule has 3 heteroatoms. The maximum atomic E-state index is 11.0. The Morgan fingerprint density at radius 2 is 2.17 bits per heavy atom. The highest BCUT2D eigenvalue weighted by molar-refractivity contribution is 5.94. The van der Waals surface area contributed by atoms with E-state index in [0.29, 0.717) is 6.42 Å². The molecule has 0 aromatic heterocycles. The van der Waals surface area contributed by atoms with Crippen LogP contribution < -0.4 is 11.1 Å². The predicted octanol–water partition coefficient (Wildman–Crippen LogP) is 1.03. The number of hydrogen-bond donors (Lipinski definition) is 2. The van der Waals surface area contributed by atoms with Gasteiger partial charge in [0.25, 0.3) is 0 Å². The number of nitrogens with one attached hydrogen (secondary N) is 1. The average molecular weight is 162 g/mol. The molecule has 0 unspecified atom stereocenters. The fourth-order valence-electron chi connectivity index (χ4n) is 1.45. The van der Waals surface area contributed by atoms with Crippen molar-refractivity contribution in [2.24, 2.45) is 5.73 Å². The highest BCUT2D eigenvalue weighted by atomic mass is 16.1. The standard InChI is InChI=1S/C9H10N2O/c10-7-5-9(12)11-8-4-2-1-3-6(7)8/h1-4,7H,5,10H2,(H,11,12)/t7-/m0/s1. The van der Waals surface area contributed by atoms with Crippen molar-refractivity contribution in [1.82, 2.24) is 0 Å². The average Bonchev–Trinajstić information content (AvgIpc) is 2.04. The molecular formula is C9H10N2O. The van der Waals surface area contributed by atoms with Crippen molar-refractivity contribution < 1.29 is 4.79 Å². The lowest BCUT2D eigenvalue weighted by atomic mass is 9.99. The molecule has 1 aliphatic rings. The maximum Gasteiger partial charge on any atom is 0.226 e. The van der Waals surface area contributed by atoms with Crippen molar-refractivity contribution in [2.45, 2.75) is 12.5 Å². The first-order valence-electron chi connectivity index (χ1n) is 3.92. The minimum atomic E-state index is -0.144. The number of anilines is 1. The van der Waals surface area contributed by atoms with E-state index >= 15 is 0 Å². The number of nitrogens with two attached hydrogens (primary N) is 1. The van der Waals surface area contributed by atoms with E-state index in [-0.39, 0.29) is 11.9 Å². The highest BCUT2D eigenvalue weighted by Crippen LogP contribution is 2.27. The molecule has 1 aliphatic heterocycles. The Morgan fingerprint density at radius 1 is 1.42 bits per heavy atom. The van der Waals surface area contributed by atoms with Gasteiger partial charge in [0.1, 0.15) is 0 Å². The minimum Gasteiger partial charge on any atom is -0.326 e. The lowest BCUT2D eigenvalue weighted by Crippen LogP contribution is -2.27. The van der Waals surface area contributed by atoms with Crippen LogP contribution in [0.15, 0.2) is 24.3 Å². The Bertz CT molecular complexity index is 322. The molecule has 1 heterocycles. The van der Waals surface area contributed by atoms with Gasteiger partial charge in [0, 0.05) is 18.2 Å². The SMILES string of the molecule is N[C@H]1CC(=O)Nc2ccccc21. The molecule has 0 fully saturated rings. The van der Waals surface area contributed by atoms with E-state index in [9.17, 15) is 4.79 Å². The van der Waals surface area contributed by atoms with E-state index in [1.807, 2.05) is 24.3 Å². The topological polar surface area (TPSA) is 55.1 Å². The number of para-hydroxylation sites is 1. The Morgan fingerprint density at radius 3 is 3.00 bits per heavy atom. The molecule has 1 aromatic rings. The number of hydrogen-bond acceptors (Lipinski definition) is 2. The summed E-state index contributed by atoms with van der Waals surface area (Å²) >= 11 is 0. The molecule has 0 saturated heterocycles. The Balaban J connectivity index is 2.47. The third kappa shape index (κ3) is 1.08. The zero-order chi connectivity index (χ0) is 8.55. The van der Waals surface area contributed by atoms with Gasteiger partial charge in [-0.3, -0.25) is 4.79 Å². The minimum absolute atomic E-state index is 0.00111. The van der Waals surface area contributed by atoms with Gasteiger partial charge in [-0.05, 0) is 11.6 Å². The summed E-state index contributed by atoms with van der Waals surface area (Å²) in [5.41, 5.74) is 7.65. The zero-order valence-corrected chi connectivity index (χ0v) is 6.58. The second-order valence-electron chi connectivity index (χ2n) is 2.95. The normalized spacial score (nSPS) is 21.4. The summed E-state index contributed by atoms with van der Waals surface area (Å²) in [5, 5.41) is 2.77. The number of carbonyl (C=O) groups is 1. The summed E-state index contributed by atoms with van der Waals surface area (Å²) in [4.78, 5) is 11.0. The molecule has 12 heavy (non-hydrogen) atoms. The van der Waals surface area contributed by atoms with Crippen molar-refractivity contribution in [3.63, 3.8) is 0 Å². The van der Waals surface area contributed by atoms with Crippen molar-refractivity contribution in [3.8, 4) is 0 Å². The molecule has 0 bridgehead atoms. The predicted molar refractivity (Wildman–Crippen MR) is 46.6 cm³/mol. The van der Waals surface area contributed by atoms with Crippen LogP contribution in [0.1, 0.15) is 18.0 Å². The van der Waals surface area contributed by atoms with E-state index in [4.69, 9.17) is 5.73 Å². The number of fused-ring (bicyclic) bond motifs is 1. The van der Waals surface area contributed by atoms with Gasteiger partial charge in [-0.25, -0.2) is 0 Å². The third-order valence-corrected chi connectivity index (χ3v) is 2.04. The second kappa shape index (κ2) is 2.60. The van der Waals surface area contributed by atoms with E-state index < -0.39 is 0 Å². The van der Waals surface area contributed by atoms with E-state index in [2.05, 4.69) is 5.32 Å². The molecule has 1 amide bonds. The first kappa shape index (κ1) is 7.31. The fraction of sp³-hybridized carbons (Fsp3) is 0.222. The van der Waals surface area contributed by atoms with Crippen molar-refractivity contribution in [1.29, 1.82) is 0 Å². The molecule has 2 rings (SSSR count). The van der Waals surface area contributed by atoms with Crippen LogP contribution in [0, 0.1) is 0 Å². The summed E-state index contributed by atoms with van der Waals surface area (Å²) in [6, 6.07) is 7.48. The molecule has 0 aliphatic carbocycles. The van der Waals surface area contributed by atoms with Crippen molar-refractivity contribution >= 4 is 11.6 Å². The summed E-state index contributed by atoms with van der Waals surface area (Å²) in [6.45, 7) is 0. The van der Waals surface area contributed by atoms with Crippen LogP contribution in [-0.4, -0.2) is 5.91 Å². The van der Waals surface area contributed by atoms with Gasteiger partial charge in [0.15, 0.2) is 0 Å². The summed E-state index contributed by atoms with van der Waals surface area (Å²) in [7, 11) is 0. The quantitative estimate of drug-likeness (QED) is 0.598. The van der Waals surface area contributed by atoms with Gasteiger partial charge in [-0.2, -0.15) is 0 Å². The number of carbonyl (C=O) groups excluding carboxylic acids is 1. The third-order valence-electron chi connectivity index (χ3n) is 2.04. The number of amides is 1.